The van der Waals surface area contributed by atoms with E-state index in [-0.39, 0.29) is 6.04 Å². The van der Waals surface area contributed by atoms with Gasteiger partial charge in [0.1, 0.15) is 0 Å². The molecule has 3 fully saturated rings. The quantitative estimate of drug-likeness (QED) is 0.815. The van der Waals surface area contributed by atoms with E-state index in [9.17, 15) is 8.42 Å². The average molecular weight is 286 g/mol. The minimum Gasteiger partial charge on any atom is -0.314 e. The molecule has 0 bridgehead atoms. The van der Waals surface area contributed by atoms with Crippen LogP contribution in [-0.4, -0.2) is 44.6 Å². The SMILES string of the molecule is O=S1(=O)CCCC(NC2CCCC2C2CCCN2)C1. The summed E-state index contributed by atoms with van der Waals surface area (Å²) < 4.78 is 23.4. The maximum atomic E-state index is 11.7. The molecule has 4 atom stereocenters. The van der Waals surface area contributed by atoms with E-state index in [1.807, 2.05) is 0 Å². The third-order valence-corrected chi connectivity index (χ3v) is 6.92. The van der Waals surface area contributed by atoms with Crippen molar-refractivity contribution in [3.8, 4) is 0 Å². The fraction of sp³-hybridized carbons (Fsp3) is 1.00. The molecular weight excluding hydrogens is 260 g/mol. The van der Waals surface area contributed by atoms with Crippen molar-refractivity contribution >= 4 is 9.84 Å². The molecule has 1 aliphatic carbocycles. The van der Waals surface area contributed by atoms with Crippen LogP contribution in [0.4, 0.5) is 0 Å². The number of sulfone groups is 1. The number of rotatable bonds is 3. The first kappa shape index (κ1) is 13.8. The van der Waals surface area contributed by atoms with Crippen LogP contribution in [0.3, 0.4) is 0 Å². The second-order valence-corrected chi connectivity index (χ2v) is 8.75. The highest BCUT2D eigenvalue weighted by molar-refractivity contribution is 7.91. The summed E-state index contributed by atoms with van der Waals surface area (Å²) in [6, 6.07) is 1.40. The van der Waals surface area contributed by atoms with E-state index >= 15 is 0 Å². The van der Waals surface area contributed by atoms with Gasteiger partial charge < -0.3 is 10.6 Å². The van der Waals surface area contributed by atoms with Gasteiger partial charge in [-0.15, -0.1) is 0 Å². The third-order valence-electron chi connectivity index (χ3n) is 5.10. The van der Waals surface area contributed by atoms with Gasteiger partial charge in [0.05, 0.1) is 11.5 Å². The minimum absolute atomic E-state index is 0.200. The molecule has 5 heteroatoms. The number of hydrogen-bond acceptors (Lipinski definition) is 4. The highest BCUT2D eigenvalue weighted by Gasteiger charge is 2.37. The lowest BCUT2D eigenvalue weighted by Crippen LogP contribution is -2.49. The zero-order chi connectivity index (χ0) is 13.3. The molecule has 2 saturated heterocycles. The zero-order valence-corrected chi connectivity index (χ0v) is 12.4. The Labute approximate surface area is 116 Å². The summed E-state index contributed by atoms with van der Waals surface area (Å²) in [5.41, 5.74) is 0. The molecule has 0 amide bonds. The first-order valence-corrected chi connectivity index (χ1v) is 9.66. The molecule has 0 radical (unpaired) electrons. The Bertz CT molecular complexity index is 404. The number of nitrogens with one attached hydrogen (secondary N) is 2. The standard InChI is InChI=1S/C14H26N2O2S/c17-19(18)9-3-4-11(10-19)16-14-6-1-5-12(14)13-7-2-8-15-13/h11-16H,1-10H2. The third kappa shape index (κ3) is 3.31. The van der Waals surface area contributed by atoms with Crippen LogP contribution in [0.15, 0.2) is 0 Å². The molecule has 0 aromatic carbocycles. The normalized spacial score (nSPS) is 42.5. The fourth-order valence-electron chi connectivity index (χ4n) is 4.21. The van der Waals surface area contributed by atoms with E-state index in [1.54, 1.807) is 0 Å². The molecule has 4 nitrogen and oxygen atoms in total. The van der Waals surface area contributed by atoms with E-state index in [4.69, 9.17) is 0 Å². The summed E-state index contributed by atoms with van der Waals surface area (Å²) >= 11 is 0. The lowest BCUT2D eigenvalue weighted by molar-refractivity contribution is 0.295. The Balaban J connectivity index is 1.59. The van der Waals surface area contributed by atoms with E-state index in [2.05, 4.69) is 10.6 Å². The molecule has 2 heterocycles. The van der Waals surface area contributed by atoms with Gasteiger partial charge in [0.2, 0.25) is 0 Å². The average Bonchev–Trinajstić information content (AvgIpc) is 2.96. The Morgan fingerprint density at radius 1 is 1.00 bits per heavy atom. The highest BCUT2D eigenvalue weighted by Crippen LogP contribution is 2.32. The fourth-order valence-corrected chi connectivity index (χ4v) is 5.86. The van der Waals surface area contributed by atoms with Crippen molar-refractivity contribution in [1.82, 2.24) is 10.6 Å². The zero-order valence-electron chi connectivity index (χ0n) is 11.6. The first-order valence-electron chi connectivity index (χ1n) is 7.84. The smallest absolute Gasteiger partial charge is 0.151 e. The van der Waals surface area contributed by atoms with Gasteiger partial charge in [-0.05, 0) is 51.0 Å². The Hall–Kier alpha value is -0.130. The van der Waals surface area contributed by atoms with Crippen LogP contribution in [0.2, 0.25) is 0 Å². The summed E-state index contributed by atoms with van der Waals surface area (Å²) in [5.74, 6) is 1.46. The molecule has 3 rings (SSSR count). The molecule has 19 heavy (non-hydrogen) atoms. The van der Waals surface area contributed by atoms with Crippen molar-refractivity contribution < 1.29 is 8.42 Å². The Morgan fingerprint density at radius 3 is 2.63 bits per heavy atom. The van der Waals surface area contributed by atoms with Gasteiger partial charge >= 0.3 is 0 Å². The highest BCUT2D eigenvalue weighted by atomic mass is 32.2. The van der Waals surface area contributed by atoms with E-state index in [1.165, 1.54) is 32.1 Å². The van der Waals surface area contributed by atoms with Gasteiger partial charge in [0.15, 0.2) is 9.84 Å². The topological polar surface area (TPSA) is 58.2 Å². The van der Waals surface area contributed by atoms with Crippen LogP contribution >= 0.6 is 0 Å². The second-order valence-electron chi connectivity index (χ2n) is 6.52. The summed E-state index contributed by atoms with van der Waals surface area (Å²) in [6.45, 7) is 1.16. The molecule has 2 N–H and O–H groups in total. The molecule has 3 aliphatic rings. The van der Waals surface area contributed by atoms with Gasteiger partial charge in [-0.3, -0.25) is 0 Å². The monoisotopic (exact) mass is 286 g/mol. The molecule has 4 unspecified atom stereocenters. The largest absolute Gasteiger partial charge is 0.314 e. The maximum absolute atomic E-state index is 11.7. The van der Waals surface area contributed by atoms with Crippen molar-refractivity contribution in [3.63, 3.8) is 0 Å². The van der Waals surface area contributed by atoms with Crippen molar-refractivity contribution in [2.24, 2.45) is 5.92 Å². The predicted octanol–water partition coefficient (Wildman–Crippen LogP) is 1.07. The van der Waals surface area contributed by atoms with Crippen LogP contribution in [0.5, 0.6) is 0 Å². The van der Waals surface area contributed by atoms with Crippen LogP contribution < -0.4 is 10.6 Å². The van der Waals surface area contributed by atoms with Crippen molar-refractivity contribution in [2.45, 2.75) is 63.1 Å². The van der Waals surface area contributed by atoms with E-state index in [0.717, 1.165) is 19.4 Å². The van der Waals surface area contributed by atoms with Crippen molar-refractivity contribution in [2.75, 3.05) is 18.1 Å². The molecule has 1 saturated carbocycles. The Morgan fingerprint density at radius 2 is 1.89 bits per heavy atom. The van der Waals surface area contributed by atoms with Crippen molar-refractivity contribution in [3.05, 3.63) is 0 Å². The van der Waals surface area contributed by atoms with Gasteiger partial charge in [-0.1, -0.05) is 6.42 Å². The molecule has 110 valence electrons. The van der Waals surface area contributed by atoms with Crippen LogP contribution in [0, 0.1) is 5.92 Å². The lowest BCUT2D eigenvalue weighted by Gasteiger charge is -2.32. The molecule has 2 aliphatic heterocycles. The molecular formula is C14H26N2O2S. The summed E-state index contributed by atoms with van der Waals surface area (Å²) in [4.78, 5) is 0. The summed E-state index contributed by atoms with van der Waals surface area (Å²) in [6.07, 6.45) is 8.27. The minimum atomic E-state index is -2.79. The number of hydrogen-bond donors (Lipinski definition) is 2. The summed E-state index contributed by atoms with van der Waals surface area (Å²) in [7, 11) is -2.79. The Kier molecular flexibility index (Phi) is 4.15. The van der Waals surface area contributed by atoms with E-state index in [0.29, 0.717) is 29.5 Å². The van der Waals surface area contributed by atoms with Crippen LogP contribution in [-0.2, 0) is 9.84 Å². The van der Waals surface area contributed by atoms with Gasteiger partial charge in [0.25, 0.3) is 0 Å². The lowest BCUT2D eigenvalue weighted by atomic mass is 9.92. The molecule has 0 aromatic heterocycles. The summed E-state index contributed by atoms with van der Waals surface area (Å²) in [5, 5.41) is 7.30. The van der Waals surface area contributed by atoms with Crippen molar-refractivity contribution in [1.29, 1.82) is 0 Å². The van der Waals surface area contributed by atoms with Gasteiger partial charge in [-0.25, -0.2) is 8.42 Å². The van der Waals surface area contributed by atoms with Crippen LogP contribution in [0.25, 0.3) is 0 Å². The first-order chi connectivity index (χ1) is 9.14. The molecule has 0 aromatic rings. The molecule has 0 spiro atoms. The van der Waals surface area contributed by atoms with E-state index < -0.39 is 9.84 Å². The van der Waals surface area contributed by atoms with Gasteiger partial charge in [-0.2, -0.15) is 0 Å². The second kappa shape index (κ2) is 5.70. The van der Waals surface area contributed by atoms with Gasteiger partial charge in [0, 0.05) is 18.1 Å². The predicted molar refractivity (Wildman–Crippen MR) is 77.0 cm³/mol. The maximum Gasteiger partial charge on any atom is 0.151 e. The van der Waals surface area contributed by atoms with Crippen LogP contribution in [0.1, 0.15) is 44.9 Å².